The highest BCUT2D eigenvalue weighted by molar-refractivity contribution is 7.91. The van der Waals surface area contributed by atoms with Crippen LogP contribution in [0, 0.1) is 6.92 Å². The van der Waals surface area contributed by atoms with Crippen molar-refractivity contribution in [2.45, 2.75) is 26.3 Å². The average molecular weight is 368 g/mol. The van der Waals surface area contributed by atoms with E-state index >= 15 is 0 Å². The van der Waals surface area contributed by atoms with E-state index < -0.39 is 9.84 Å². The highest BCUT2D eigenvalue weighted by Crippen LogP contribution is 2.18. The molecule has 1 saturated heterocycles. The molecule has 1 aliphatic rings. The smallest absolute Gasteiger partial charge is 0.237 e. The van der Waals surface area contributed by atoms with Crippen molar-refractivity contribution in [3.05, 3.63) is 29.8 Å². The Kier molecular flexibility index (Phi) is 6.84. The Morgan fingerprint density at radius 1 is 1.36 bits per heavy atom. The molecule has 1 aromatic carbocycles. The topological polar surface area (TPSA) is 66.9 Å². The number of hydrogen-bond donors (Lipinski definition) is 0. The molecule has 0 saturated carbocycles. The van der Waals surface area contributed by atoms with Crippen molar-refractivity contribution in [3.63, 3.8) is 0 Å². The van der Waals surface area contributed by atoms with Crippen LogP contribution in [0.4, 0.5) is 0 Å². The lowest BCUT2D eigenvalue weighted by Crippen LogP contribution is -2.46. The number of rotatable bonds is 8. The summed E-state index contributed by atoms with van der Waals surface area (Å²) in [6.07, 6.45) is 0.544. The van der Waals surface area contributed by atoms with Crippen molar-refractivity contribution in [3.8, 4) is 5.75 Å². The fourth-order valence-electron chi connectivity index (χ4n) is 3.08. The van der Waals surface area contributed by atoms with Gasteiger partial charge in [0.15, 0.2) is 9.84 Å². The summed E-state index contributed by atoms with van der Waals surface area (Å²) in [5, 5.41) is 0. The van der Waals surface area contributed by atoms with E-state index in [-0.39, 0.29) is 30.0 Å². The lowest BCUT2D eigenvalue weighted by molar-refractivity contribution is -0.133. The monoisotopic (exact) mass is 368 g/mol. The van der Waals surface area contributed by atoms with Crippen molar-refractivity contribution >= 4 is 15.7 Å². The summed E-state index contributed by atoms with van der Waals surface area (Å²) >= 11 is 0. The molecule has 0 N–H and O–H groups in total. The van der Waals surface area contributed by atoms with Gasteiger partial charge in [-0.1, -0.05) is 12.1 Å². The molecular formula is C18H28N2O4S. The SMILES string of the molecule is CCN(C(=O)CN(C)CCOc1cccc(C)c1)C1CCS(=O)(=O)C1. The number of sulfone groups is 1. The Balaban J connectivity index is 1.78. The number of carbonyl (C=O) groups is 1. The number of benzene rings is 1. The van der Waals surface area contributed by atoms with Crippen LogP contribution < -0.4 is 4.74 Å². The molecule has 0 radical (unpaired) electrons. The molecule has 1 aliphatic heterocycles. The van der Waals surface area contributed by atoms with Crippen LogP contribution in [0.5, 0.6) is 5.75 Å². The van der Waals surface area contributed by atoms with Crippen LogP contribution >= 0.6 is 0 Å². The van der Waals surface area contributed by atoms with Crippen LogP contribution in [0.2, 0.25) is 0 Å². The minimum absolute atomic E-state index is 0.0253. The minimum atomic E-state index is -2.99. The molecule has 1 aromatic rings. The largest absolute Gasteiger partial charge is 0.492 e. The summed E-state index contributed by atoms with van der Waals surface area (Å²) in [6.45, 7) is 5.83. The van der Waals surface area contributed by atoms with E-state index in [9.17, 15) is 13.2 Å². The predicted molar refractivity (Wildman–Crippen MR) is 98.6 cm³/mol. The van der Waals surface area contributed by atoms with Crippen molar-refractivity contribution < 1.29 is 17.9 Å². The highest BCUT2D eigenvalue weighted by atomic mass is 32.2. The van der Waals surface area contributed by atoms with E-state index in [1.807, 2.05) is 50.1 Å². The van der Waals surface area contributed by atoms with Gasteiger partial charge in [-0.2, -0.15) is 0 Å². The first-order valence-electron chi connectivity index (χ1n) is 8.68. The molecule has 140 valence electrons. The first kappa shape index (κ1) is 19.7. The lowest BCUT2D eigenvalue weighted by atomic mass is 10.2. The zero-order chi connectivity index (χ0) is 18.4. The summed E-state index contributed by atoms with van der Waals surface area (Å²) in [6, 6.07) is 7.67. The molecule has 0 spiro atoms. The van der Waals surface area contributed by atoms with Crippen LogP contribution in [0.15, 0.2) is 24.3 Å². The standard InChI is InChI=1S/C18H28N2O4S/c1-4-20(16-8-11-25(22,23)14-16)18(21)13-19(3)9-10-24-17-7-5-6-15(2)12-17/h5-7,12,16H,4,8-11,13-14H2,1-3H3. The molecule has 2 rings (SSSR count). The van der Waals surface area contributed by atoms with Crippen molar-refractivity contribution in [1.82, 2.24) is 9.80 Å². The maximum absolute atomic E-state index is 12.5. The number of ether oxygens (including phenoxy) is 1. The van der Waals surface area contributed by atoms with Gasteiger partial charge in [0.05, 0.1) is 18.1 Å². The minimum Gasteiger partial charge on any atom is -0.492 e. The Morgan fingerprint density at radius 2 is 2.12 bits per heavy atom. The quantitative estimate of drug-likeness (QED) is 0.693. The number of nitrogens with zero attached hydrogens (tertiary/aromatic N) is 2. The second-order valence-corrected chi connectivity index (χ2v) is 8.87. The fraction of sp³-hybridized carbons (Fsp3) is 0.611. The molecule has 0 aliphatic carbocycles. The maximum Gasteiger partial charge on any atom is 0.237 e. The van der Waals surface area contributed by atoms with Crippen molar-refractivity contribution in [2.24, 2.45) is 0 Å². The molecule has 1 atom stereocenters. The van der Waals surface area contributed by atoms with Gasteiger partial charge in [-0.15, -0.1) is 0 Å². The van der Waals surface area contributed by atoms with Gasteiger partial charge < -0.3 is 9.64 Å². The first-order valence-corrected chi connectivity index (χ1v) is 10.5. The number of likely N-dealkylation sites (N-methyl/N-ethyl adjacent to an activating group) is 2. The molecule has 0 aromatic heterocycles. The fourth-order valence-corrected chi connectivity index (χ4v) is 4.82. The second-order valence-electron chi connectivity index (χ2n) is 6.64. The Labute approximate surface area is 150 Å². The zero-order valence-electron chi connectivity index (χ0n) is 15.3. The van der Waals surface area contributed by atoms with Crippen molar-refractivity contribution in [2.75, 3.05) is 44.8 Å². The summed E-state index contributed by atoms with van der Waals surface area (Å²) in [4.78, 5) is 16.1. The van der Waals surface area contributed by atoms with Gasteiger partial charge in [0.2, 0.25) is 5.91 Å². The van der Waals surface area contributed by atoms with E-state index in [2.05, 4.69) is 0 Å². The van der Waals surface area contributed by atoms with Gasteiger partial charge >= 0.3 is 0 Å². The lowest BCUT2D eigenvalue weighted by Gasteiger charge is -2.29. The molecule has 7 heteroatoms. The summed E-state index contributed by atoms with van der Waals surface area (Å²) in [7, 11) is -1.12. The Hall–Kier alpha value is -1.60. The Bertz CT molecular complexity index is 690. The third kappa shape index (κ3) is 6.01. The highest BCUT2D eigenvalue weighted by Gasteiger charge is 2.33. The number of carbonyl (C=O) groups excluding carboxylic acids is 1. The number of aryl methyl sites for hydroxylation is 1. The van der Waals surface area contributed by atoms with Gasteiger partial charge in [0.25, 0.3) is 0 Å². The molecule has 25 heavy (non-hydrogen) atoms. The third-order valence-corrected chi connectivity index (χ3v) is 6.20. The summed E-state index contributed by atoms with van der Waals surface area (Å²) < 4.78 is 29.0. The first-order chi connectivity index (χ1) is 11.8. The van der Waals surface area contributed by atoms with Gasteiger partial charge in [0.1, 0.15) is 12.4 Å². The van der Waals surface area contributed by atoms with Gasteiger partial charge in [-0.05, 0) is 45.0 Å². The maximum atomic E-state index is 12.5. The molecule has 0 bridgehead atoms. The van der Waals surface area contributed by atoms with Crippen molar-refractivity contribution in [1.29, 1.82) is 0 Å². The zero-order valence-corrected chi connectivity index (χ0v) is 16.1. The average Bonchev–Trinajstić information content (AvgIpc) is 2.88. The summed E-state index contributed by atoms with van der Waals surface area (Å²) in [5.41, 5.74) is 1.14. The number of amides is 1. The van der Waals surface area contributed by atoms with Gasteiger partial charge in [-0.3, -0.25) is 9.69 Å². The molecular weight excluding hydrogens is 340 g/mol. The molecule has 1 amide bonds. The predicted octanol–water partition coefficient (Wildman–Crippen LogP) is 1.34. The van der Waals surface area contributed by atoms with Gasteiger partial charge in [0, 0.05) is 19.1 Å². The van der Waals surface area contributed by atoms with Crippen LogP contribution in [-0.4, -0.2) is 75.0 Å². The van der Waals surface area contributed by atoms with E-state index in [0.29, 0.717) is 26.1 Å². The molecule has 1 fully saturated rings. The van der Waals surface area contributed by atoms with E-state index in [4.69, 9.17) is 4.74 Å². The summed E-state index contributed by atoms with van der Waals surface area (Å²) in [5.74, 6) is 1.07. The normalized spacial score (nSPS) is 19.1. The van der Waals surface area contributed by atoms with Crippen LogP contribution in [0.1, 0.15) is 18.9 Å². The molecule has 1 unspecified atom stereocenters. The van der Waals surface area contributed by atoms with E-state index in [0.717, 1.165) is 11.3 Å². The molecule has 6 nitrogen and oxygen atoms in total. The van der Waals surface area contributed by atoms with E-state index in [1.165, 1.54) is 0 Å². The number of hydrogen-bond acceptors (Lipinski definition) is 5. The van der Waals surface area contributed by atoms with Crippen LogP contribution in [-0.2, 0) is 14.6 Å². The molecule has 1 heterocycles. The van der Waals surface area contributed by atoms with Gasteiger partial charge in [-0.25, -0.2) is 8.42 Å². The Morgan fingerprint density at radius 3 is 2.72 bits per heavy atom. The van der Waals surface area contributed by atoms with Crippen LogP contribution in [0.3, 0.4) is 0 Å². The van der Waals surface area contributed by atoms with E-state index in [1.54, 1.807) is 4.90 Å². The van der Waals surface area contributed by atoms with Crippen LogP contribution in [0.25, 0.3) is 0 Å². The third-order valence-electron chi connectivity index (χ3n) is 4.45. The second kappa shape index (κ2) is 8.67.